The zero-order chi connectivity index (χ0) is 15.9. The Bertz CT molecular complexity index is 645. The standard InChI is InChI=1S/C16H23NO3S2/c1-11-8-15(6-7-16(11)20-2)22(18,19)17-12-4-5-13(17)10-14(9-12)21-3/h6-8,12-14H,4-5,9-10H2,1-3H3. The van der Waals surface area contributed by atoms with Crippen LogP contribution in [0, 0.1) is 6.92 Å². The maximum atomic E-state index is 13.1. The van der Waals surface area contributed by atoms with Crippen molar-refractivity contribution in [3.8, 4) is 5.75 Å². The van der Waals surface area contributed by atoms with Crippen molar-refractivity contribution in [3.05, 3.63) is 23.8 Å². The Morgan fingerprint density at radius 2 is 1.86 bits per heavy atom. The fourth-order valence-corrected chi connectivity index (χ4v) is 6.61. The topological polar surface area (TPSA) is 46.6 Å². The molecule has 0 amide bonds. The highest BCUT2D eigenvalue weighted by atomic mass is 32.2. The number of nitrogens with zero attached hydrogens (tertiary/aromatic N) is 1. The molecular formula is C16H23NO3S2. The molecule has 2 unspecified atom stereocenters. The van der Waals surface area contributed by atoms with E-state index in [1.54, 1.807) is 29.6 Å². The third-order valence-electron chi connectivity index (χ3n) is 4.90. The second-order valence-electron chi connectivity index (χ2n) is 6.18. The van der Waals surface area contributed by atoms with Crippen molar-refractivity contribution >= 4 is 21.8 Å². The summed E-state index contributed by atoms with van der Waals surface area (Å²) in [5, 5.41) is 0.599. The van der Waals surface area contributed by atoms with E-state index in [4.69, 9.17) is 4.74 Å². The maximum Gasteiger partial charge on any atom is 0.243 e. The Morgan fingerprint density at radius 3 is 2.36 bits per heavy atom. The molecule has 4 nitrogen and oxygen atoms in total. The molecule has 2 aliphatic rings. The van der Waals surface area contributed by atoms with Gasteiger partial charge in [0.15, 0.2) is 0 Å². The minimum atomic E-state index is -3.41. The molecule has 2 aliphatic heterocycles. The van der Waals surface area contributed by atoms with E-state index in [0.717, 1.165) is 37.0 Å². The van der Waals surface area contributed by atoms with Gasteiger partial charge >= 0.3 is 0 Å². The molecule has 0 spiro atoms. The smallest absolute Gasteiger partial charge is 0.243 e. The predicted octanol–water partition coefficient (Wildman–Crippen LogP) is 3.05. The monoisotopic (exact) mass is 341 g/mol. The van der Waals surface area contributed by atoms with Gasteiger partial charge in [-0.3, -0.25) is 0 Å². The second-order valence-corrected chi connectivity index (χ2v) is 9.16. The fraction of sp³-hybridized carbons (Fsp3) is 0.625. The lowest BCUT2D eigenvalue weighted by atomic mass is 10.1. The largest absolute Gasteiger partial charge is 0.496 e. The van der Waals surface area contributed by atoms with Gasteiger partial charge in [-0.2, -0.15) is 16.1 Å². The Hall–Kier alpha value is -0.720. The van der Waals surface area contributed by atoms with E-state index < -0.39 is 10.0 Å². The molecule has 0 saturated carbocycles. The van der Waals surface area contributed by atoms with Gasteiger partial charge in [-0.15, -0.1) is 0 Å². The van der Waals surface area contributed by atoms with Crippen LogP contribution in [0.1, 0.15) is 31.2 Å². The summed E-state index contributed by atoms with van der Waals surface area (Å²) < 4.78 is 33.2. The highest BCUT2D eigenvalue weighted by Gasteiger charge is 2.46. The first-order chi connectivity index (χ1) is 10.5. The van der Waals surface area contributed by atoms with E-state index in [2.05, 4.69) is 6.26 Å². The molecule has 3 rings (SSSR count). The Balaban J connectivity index is 1.92. The van der Waals surface area contributed by atoms with Crippen molar-refractivity contribution in [1.29, 1.82) is 0 Å². The molecule has 6 heteroatoms. The molecule has 2 fully saturated rings. The van der Waals surface area contributed by atoms with Gasteiger partial charge in [-0.1, -0.05) is 0 Å². The van der Waals surface area contributed by atoms with Crippen LogP contribution in [0.3, 0.4) is 0 Å². The van der Waals surface area contributed by atoms with Crippen LogP contribution in [0.25, 0.3) is 0 Å². The second kappa shape index (κ2) is 6.06. The molecule has 0 aromatic heterocycles. The van der Waals surface area contributed by atoms with Crippen LogP contribution in [0.2, 0.25) is 0 Å². The average molecular weight is 341 g/mol. The third kappa shape index (κ3) is 2.65. The molecule has 0 N–H and O–H groups in total. The maximum absolute atomic E-state index is 13.1. The molecule has 2 saturated heterocycles. The molecule has 22 heavy (non-hydrogen) atoms. The molecule has 2 atom stereocenters. The molecule has 0 aliphatic carbocycles. The van der Waals surface area contributed by atoms with Crippen molar-refractivity contribution in [2.24, 2.45) is 0 Å². The third-order valence-corrected chi connectivity index (χ3v) is 7.95. The van der Waals surface area contributed by atoms with E-state index in [0.29, 0.717) is 10.1 Å². The number of piperidine rings is 1. The number of thioether (sulfide) groups is 1. The number of rotatable bonds is 4. The van der Waals surface area contributed by atoms with E-state index in [-0.39, 0.29) is 12.1 Å². The summed E-state index contributed by atoms with van der Waals surface area (Å²) >= 11 is 1.87. The lowest BCUT2D eigenvalue weighted by Crippen LogP contribution is -2.47. The number of ether oxygens (including phenoxy) is 1. The summed E-state index contributed by atoms with van der Waals surface area (Å²) in [5.41, 5.74) is 0.856. The van der Waals surface area contributed by atoms with Crippen molar-refractivity contribution < 1.29 is 13.2 Å². The summed E-state index contributed by atoms with van der Waals surface area (Å²) in [5.74, 6) is 0.725. The highest BCUT2D eigenvalue weighted by molar-refractivity contribution is 7.99. The normalized spacial score (nSPS) is 28.8. The number of methoxy groups -OCH3 is 1. The van der Waals surface area contributed by atoms with Crippen LogP contribution in [0.15, 0.2) is 23.1 Å². The molecular weight excluding hydrogens is 318 g/mol. The van der Waals surface area contributed by atoms with Gasteiger partial charge in [0.05, 0.1) is 12.0 Å². The van der Waals surface area contributed by atoms with Gasteiger partial charge in [0.2, 0.25) is 10.0 Å². The predicted molar refractivity (Wildman–Crippen MR) is 90.1 cm³/mol. The van der Waals surface area contributed by atoms with Crippen LogP contribution in [0.4, 0.5) is 0 Å². The van der Waals surface area contributed by atoms with E-state index in [9.17, 15) is 8.42 Å². The van der Waals surface area contributed by atoms with Crippen LogP contribution in [-0.4, -0.2) is 43.4 Å². The molecule has 2 bridgehead atoms. The van der Waals surface area contributed by atoms with Crippen LogP contribution < -0.4 is 4.74 Å². The van der Waals surface area contributed by atoms with E-state index in [1.807, 2.05) is 18.7 Å². The number of hydrogen-bond acceptors (Lipinski definition) is 4. The minimum Gasteiger partial charge on any atom is -0.496 e. The van der Waals surface area contributed by atoms with Crippen molar-refractivity contribution in [3.63, 3.8) is 0 Å². The summed E-state index contributed by atoms with van der Waals surface area (Å²) in [6.45, 7) is 1.88. The van der Waals surface area contributed by atoms with E-state index >= 15 is 0 Å². The van der Waals surface area contributed by atoms with Gasteiger partial charge in [0.1, 0.15) is 5.75 Å². The SMILES string of the molecule is COc1ccc(S(=O)(=O)N2C3CCC2CC(SC)C3)cc1C. The van der Waals surface area contributed by atoms with Gasteiger partial charge in [-0.05, 0) is 62.6 Å². The fourth-order valence-electron chi connectivity index (χ4n) is 3.80. The number of sulfonamides is 1. The van der Waals surface area contributed by atoms with E-state index in [1.165, 1.54) is 0 Å². The first-order valence-electron chi connectivity index (χ1n) is 7.68. The Labute approximate surface area is 137 Å². The molecule has 1 aromatic rings. The van der Waals surface area contributed by atoms with Gasteiger partial charge < -0.3 is 4.74 Å². The van der Waals surface area contributed by atoms with Gasteiger partial charge in [0.25, 0.3) is 0 Å². The summed E-state index contributed by atoms with van der Waals surface area (Å²) in [6.07, 6.45) is 6.07. The lowest BCUT2D eigenvalue weighted by molar-refractivity contribution is 0.253. The van der Waals surface area contributed by atoms with Crippen molar-refractivity contribution in [1.82, 2.24) is 4.31 Å². The first kappa shape index (κ1) is 16.1. The summed E-state index contributed by atoms with van der Waals surface area (Å²) in [6, 6.07) is 5.49. The molecule has 0 radical (unpaired) electrons. The number of hydrogen-bond donors (Lipinski definition) is 0. The molecule has 122 valence electrons. The quantitative estimate of drug-likeness (QED) is 0.844. The van der Waals surface area contributed by atoms with Crippen molar-refractivity contribution in [2.45, 2.75) is 54.8 Å². The van der Waals surface area contributed by atoms with Crippen LogP contribution in [-0.2, 0) is 10.0 Å². The molecule has 1 aromatic carbocycles. The number of fused-ring (bicyclic) bond motifs is 2. The average Bonchev–Trinajstić information content (AvgIpc) is 2.79. The van der Waals surface area contributed by atoms with Gasteiger partial charge in [0, 0.05) is 17.3 Å². The Morgan fingerprint density at radius 1 is 1.23 bits per heavy atom. The number of aryl methyl sites for hydroxylation is 1. The number of benzene rings is 1. The van der Waals surface area contributed by atoms with Crippen LogP contribution in [0.5, 0.6) is 5.75 Å². The van der Waals surface area contributed by atoms with Crippen molar-refractivity contribution in [2.75, 3.05) is 13.4 Å². The van der Waals surface area contributed by atoms with Gasteiger partial charge in [-0.25, -0.2) is 8.42 Å². The Kier molecular flexibility index (Phi) is 4.45. The summed E-state index contributed by atoms with van der Waals surface area (Å²) in [4.78, 5) is 0.394. The lowest BCUT2D eigenvalue weighted by Gasteiger charge is -2.37. The minimum absolute atomic E-state index is 0.170. The van der Waals surface area contributed by atoms with Crippen LogP contribution >= 0.6 is 11.8 Å². The zero-order valence-electron chi connectivity index (χ0n) is 13.3. The first-order valence-corrected chi connectivity index (χ1v) is 10.4. The summed E-state index contributed by atoms with van der Waals surface area (Å²) in [7, 11) is -1.81. The zero-order valence-corrected chi connectivity index (χ0v) is 14.9. The highest BCUT2D eigenvalue weighted by Crippen LogP contribution is 2.42. The molecule has 2 heterocycles.